The van der Waals surface area contributed by atoms with E-state index in [4.69, 9.17) is 5.11 Å². The minimum Gasteiger partial charge on any atom is -0.395 e. The second kappa shape index (κ2) is 7.95. The first kappa shape index (κ1) is 15.7. The number of carbonyl (C=O) groups is 1. The van der Waals surface area contributed by atoms with Crippen LogP contribution in [0.2, 0.25) is 0 Å². The van der Waals surface area contributed by atoms with Crippen LogP contribution in [0.15, 0.2) is 6.07 Å². The first-order valence-electron chi connectivity index (χ1n) is 6.17. The molecule has 1 aromatic rings. The molecule has 0 unspecified atom stereocenters. The quantitative estimate of drug-likeness (QED) is 0.794. The number of hydrogen-bond acceptors (Lipinski definition) is 4. The standard InChI is InChI=1S/C14H20N2O2S/c1-11-10-13(14(18)15-7-8-16(2)3)19-12(11)6-4-5-9-17/h10,17H,5,7-9H2,1-3H3,(H,15,18). The van der Waals surface area contributed by atoms with Crippen LogP contribution in [-0.2, 0) is 0 Å². The lowest BCUT2D eigenvalue weighted by Crippen LogP contribution is -2.30. The lowest BCUT2D eigenvalue weighted by atomic mass is 10.2. The first-order chi connectivity index (χ1) is 9.04. The summed E-state index contributed by atoms with van der Waals surface area (Å²) in [5.41, 5.74) is 1.01. The Morgan fingerprint density at radius 1 is 1.53 bits per heavy atom. The molecular weight excluding hydrogens is 260 g/mol. The fourth-order valence-electron chi connectivity index (χ4n) is 1.40. The predicted molar refractivity (Wildman–Crippen MR) is 78.5 cm³/mol. The van der Waals surface area contributed by atoms with Crippen molar-refractivity contribution >= 4 is 17.2 Å². The zero-order valence-corrected chi connectivity index (χ0v) is 12.4. The molecule has 0 radical (unpaired) electrons. The number of nitrogens with one attached hydrogen (secondary N) is 1. The number of aliphatic hydroxyl groups excluding tert-OH is 1. The summed E-state index contributed by atoms with van der Waals surface area (Å²) in [6.45, 7) is 3.46. The number of rotatable bonds is 5. The number of amides is 1. The third-order valence-corrected chi connectivity index (χ3v) is 3.58. The van der Waals surface area contributed by atoms with Gasteiger partial charge in [0.2, 0.25) is 0 Å². The Morgan fingerprint density at radius 2 is 2.26 bits per heavy atom. The highest BCUT2D eigenvalue weighted by Crippen LogP contribution is 2.20. The maximum atomic E-state index is 11.9. The van der Waals surface area contributed by atoms with Gasteiger partial charge >= 0.3 is 0 Å². The molecule has 0 aromatic carbocycles. The van der Waals surface area contributed by atoms with E-state index in [-0.39, 0.29) is 12.5 Å². The lowest BCUT2D eigenvalue weighted by Gasteiger charge is -2.09. The molecule has 4 nitrogen and oxygen atoms in total. The zero-order valence-electron chi connectivity index (χ0n) is 11.6. The van der Waals surface area contributed by atoms with Gasteiger partial charge < -0.3 is 15.3 Å². The number of carbonyl (C=O) groups excluding carboxylic acids is 1. The molecule has 1 amide bonds. The Bertz CT molecular complexity index is 483. The van der Waals surface area contributed by atoms with E-state index in [9.17, 15) is 4.79 Å². The molecule has 0 spiro atoms. The number of likely N-dealkylation sites (N-methyl/N-ethyl adjacent to an activating group) is 1. The molecule has 0 atom stereocenters. The molecule has 0 aliphatic rings. The average Bonchev–Trinajstić information content (AvgIpc) is 2.71. The van der Waals surface area contributed by atoms with E-state index in [1.807, 2.05) is 32.0 Å². The summed E-state index contributed by atoms with van der Waals surface area (Å²) < 4.78 is 0. The molecule has 1 aromatic heterocycles. The van der Waals surface area contributed by atoms with Gasteiger partial charge in [0, 0.05) is 19.5 Å². The van der Waals surface area contributed by atoms with Crippen LogP contribution in [-0.4, -0.2) is 49.7 Å². The van der Waals surface area contributed by atoms with Crippen LogP contribution < -0.4 is 5.32 Å². The number of aliphatic hydroxyl groups is 1. The molecule has 19 heavy (non-hydrogen) atoms. The van der Waals surface area contributed by atoms with E-state index in [0.717, 1.165) is 17.0 Å². The third kappa shape index (κ3) is 5.43. The van der Waals surface area contributed by atoms with Crippen molar-refractivity contribution < 1.29 is 9.90 Å². The number of nitrogens with zero attached hydrogens (tertiary/aromatic N) is 1. The van der Waals surface area contributed by atoms with Gasteiger partial charge in [-0.1, -0.05) is 11.8 Å². The number of aryl methyl sites for hydroxylation is 1. The van der Waals surface area contributed by atoms with Crippen LogP contribution in [0.1, 0.15) is 26.5 Å². The van der Waals surface area contributed by atoms with Crippen LogP contribution in [0.3, 0.4) is 0 Å². The van der Waals surface area contributed by atoms with Crippen molar-refractivity contribution in [1.29, 1.82) is 0 Å². The monoisotopic (exact) mass is 280 g/mol. The van der Waals surface area contributed by atoms with E-state index in [2.05, 4.69) is 17.2 Å². The van der Waals surface area contributed by atoms with Gasteiger partial charge in [0.25, 0.3) is 5.91 Å². The van der Waals surface area contributed by atoms with Gasteiger partial charge in [-0.05, 0) is 32.6 Å². The van der Waals surface area contributed by atoms with Crippen molar-refractivity contribution in [2.24, 2.45) is 0 Å². The van der Waals surface area contributed by atoms with Gasteiger partial charge in [0.1, 0.15) is 0 Å². The molecule has 5 heteroatoms. The molecule has 1 heterocycles. The van der Waals surface area contributed by atoms with Crippen molar-refractivity contribution in [2.75, 3.05) is 33.8 Å². The molecule has 2 N–H and O–H groups in total. The van der Waals surface area contributed by atoms with Crippen molar-refractivity contribution in [2.45, 2.75) is 13.3 Å². The van der Waals surface area contributed by atoms with E-state index in [1.165, 1.54) is 11.3 Å². The van der Waals surface area contributed by atoms with E-state index < -0.39 is 0 Å². The Balaban J connectivity index is 2.62. The first-order valence-corrected chi connectivity index (χ1v) is 6.99. The molecule has 0 saturated heterocycles. The number of hydrogen-bond donors (Lipinski definition) is 2. The van der Waals surface area contributed by atoms with Crippen molar-refractivity contribution in [1.82, 2.24) is 10.2 Å². The molecule has 1 rings (SSSR count). The Kier molecular flexibility index (Phi) is 6.57. The largest absolute Gasteiger partial charge is 0.395 e. The van der Waals surface area contributed by atoms with Crippen LogP contribution in [0, 0.1) is 18.8 Å². The fourth-order valence-corrected chi connectivity index (χ4v) is 2.36. The minimum absolute atomic E-state index is 0.0508. The van der Waals surface area contributed by atoms with Crippen LogP contribution in [0.4, 0.5) is 0 Å². The van der Waals surface area contributed by atoms with Gasteiger partial charge in [-0.2, -0.15) is 0 Å². The summed E-state index contributed by atoms with van der Waals surface area (Å²) in [5, 5.41) is 11.6. The molecule has 0 aliphatic heterocycles. The van der Waals surface area contributed by atoms with Gasteiger partial charge in [0.05, 0.1) is 16.4 Å². The summed E-state index contributed by atoms with van der Waals surface area (Å²) in [5.74, 6) is 5.81. The van der Waals surface area contributed by atoms with Crippen molar-refractivity contribution in [3.63, 3.8) is 0 Å². The SMILES string of the molecule is Cc1cc(C(=O)NCCN(C)C)sc1C#CCCO. The normalized spacial score (nSPS) is 10.2. The van der Waals surface area contributed by atoms with Gasteiger partial charge in [0.15, 0.2) is 0 Å². The Morgan fingerprint density at radius 3 is 2.89 bits per heavy atom. The topological polar surface area (TPSA) is 52.6 Å². The minimum atomic E-state index is -0.0508. The van der Waals surface area contributed by atoms with Crippen LogP contribution in [0.5, 0.6) is 0 Å². The molecule has 0 fully saturated rings. The smallest absolute Gasteiger partial charge is 0.261 e. The van der Waals surface area contributed by atoms with Crippen molar-refractivity contribution in [3.05, 3.63) is 21.4 Å². The highest BCUT2D eigenvalue weighted by Gasteiger charge is 2.10. The zero-order chi connectivity index (χ0) is 14.3. The van der Waals surface area contributed by atoms with Crippen LogP contribution >= 0.6 is 11.3 Å². The molecular formula is C14H20N2O2S. The molecule has 0 aliphatic carbocycles. The summed E-state index contributed by atoms with van der Waals surface area (Å²) >= 11 is 1.40. The second-order valence-electron chi connectivity index (χ2n) is 4.46. The summed E-state index contributed by atoms with van der Waals surface area (Å²) in [4.78, 5) is 15.5. The summed E-state index contributed by atoms with van der Waals surface area (Å²) in [6, 6.07) is 1.86. The van der Waals surface area contributed by atoms with Gasteiger partial charge in [-0.25, -0.2) is 0 Å². The van der Waals surface area contributed by atoms with Gasteiger partial charge in [-0.3, -0.25) is 4.79 Å². The van der Waals surface area contributed by atoms with E-state index in [1.54, 1.807) is 0 Å². The van der Waals surface area contributed by atoms with Crippen molar-refractivity contribution in [3.8, 4) is 11.8 Å². The van der Waals surface area contributed by atoms with Gasteiger partial charge in [-0.15, -0.1) is 11.3 Å². The lowest BCUT2D eigenvalue weighted by molar-refractivity contribution is 0.0955. The predicted octanol–water partition coefficient (Wildman–Crippen LogP) is 1.08. The maximum absolute atomic E-state index is 11.9. The highest BCUT2D eigenvalue weighted by molar-refractivity contribution is 7.14. The second-order valence-corrected chi connectivity index (χ2v) is 5.51. The highest BCUT2D eigenvalue weighted by atomic mass is 32.1. The number of thiophene rings is 1. The van der Waals surface area contributed by atoms with Crippen LogP contribution in [0.25, 0.3) is 0 Å². The molecule has 0 bridgehead atoms. The Labute approximate surface area is 118 Å². The summed E-state index contributed by atoms with van der Waals surface area (Å²) in [6.07, 6.45) is 0.460. The third-order valence-electron chi connectivity index (χ3n) is 2.42. The molecule has 104 valence electrons. The maximum Gasteiger partial charge on any atom is 0.261 e. The van der Waals surface area contributed by atoms with E-state index >= 15 is 0 Å². The Hall–Kier alpha value is -1.35. The average molecular weight is 280 g/mol. The molecule has 0 saturated carbocycles. The fraction of sp³-hybridized carbons (Fsp3) is 0.500. The summed E-state index contributed by atoms with van der Waals surface area (Å²) in [7, 11) is 3.94. The van der Waals surface area contributed by atoms with E-state index in [0.29, 0.717) is 17.8 Å².